The van der Waals surface area contributed by atoms with Gasteiger partial charge in [-0.25, -0.2) is 18.2 Å². The van der Waals surface area contributed by atoms with Gasteiger partial charge >= 0.3 is 6.03 Å². The molecule has 382 valence electrons. The lowest BCUT2D eigenvalue weighted by Gasteiger charge is -2.24. The monoisotopic (exact) mass is 993 g/mol. The van der Waals surface area contributed by atoms with Crippen molar-refractivity contribution in [3.63, 3.8) is 0 Å². The van der Waals surface area contributed by atoms with Gasteiger partial charge in [-0.15, -0.1) is 0 Å². The summed E-state index contributed by atoms with van der Waals surface area (Å²) in [6, 6.07) is 21.1. The third kappa shape index (κ3) is 19.2. The van der Waals surface area contributed by atoms with Crippen LogP contribution in [0, 0.1) is 0 Å². The lowest BCUT2D eigenvalue weighted by atomic mass is 9.86. The Balaban J connectivity index is 1.07. The molecule has 3 N–H and O–H groups in total. The van der Waals surface area contributed by atoms with Gasteiger partial charge in [0, 0.05) is 42.6 Å². The molecule has 70 heavy (non-hydrogen) atoms. The SMILES string of the molecule is COCCOCCOCCOCCOCCOCCOCCOc1cc(Cc2nccc(Oc3ccc(NC(=O)Nc4cc(C(C)(C)C)cc(NS(C)(=O)=O)c4OC)c4ccccc34)n2)cc(OC)c1. The Bertz CT molecular complexity index is 2510. The Morgan fingerprint density at radius 2 is 1.17 bits per heavy atom. The van der Waals surface area contributed by atoms with E-state index in [2.05, 4.69) is 20.3 Å². The topological polar surface area (TPSA) is 215 Å². The van der Waals surface area contributed by atoms with Crippen LogP contribution >= 0.6 is 0 Å². The molecule has 5 aromatic rings. The minimum Gasteiger partial charge on any atom is -0.497 e. The van der Waals surface area contributed by atoms with Crippen molar-refractivity contribution in [1.82, 2.24) is 9.97 Å². The number of urea groups is 1. The zero-order valence-electron chi connectivity index (χ0n) is 41.1. The Labute approximate surface area is 410 Å². The first kappa shape index (κ1) is 55.1. The van der Waals surface area contributed by atoms with Gasteiger partial charge in [0.25, 0.3) is 0 Å². The number of fused-ring (bicyclic) bond motifs is 1. The largest absolute Gasteiger partial charge is 0.497 e. The van der Waals surface area contributed by atoms with Crippen molar-refractivity contribution in [2.24, 2.45) is 0 Å². The van der Waals surface area contributed by atoms with Crippen LogP contribution in [0.5, 0.6) is 28.9 Å². The number of methoxy groups -OCH3 is 3. The van der Waals surface area contributed by atoms with E-state index in [-0.39, 0.29) is 22.5 Å². The minimum atomic E-state index is -3.65. The summed E-state index contributed by atoms with van der Waals surface area (Å²) in [4.78, 5) is 22.8. The maximum absolute atomic E-state index is 13.6. The number of aromatic nitrogens is 2. The summed E-state index contributed by atoms with van der Waals surface area (Å²) in [5.74, 6) is 2.74. The van der Waals surface area contributed by atoms with Crippen LogP contribution in [-0.4, -0.2) is 144 Å². The molecule has 20 heteroatoms. The van der Waals surface area contributed by atoms with E-state index in [1.54, 1.807) is 56.8 Å². The van der Waals surface area contributed by atoms with Crippen molar-refractivity contribution < 1.29 is 65.3 Å². The van der Waals surface area contributed by atoms with E-state index in [9.17, 15) is 13.2 Å². The Morgan fingerprint density at radius 1 is 0.614 bits per heavy atom. The lowest BCUT2D eigenvalue weighted by molar-refractivity contribution is -0.0199. The Kier molecular flexibility index (Phi) is 22.6. The van der Waals surface area contributed by atoms with Gasteiger partial charge in [-0.3, -0.25) is 4.72 Å². The van der Waals surface area contributed by atoms with Gasteiger partial charge in [-0.1, -0.05) is 45.0 Å². The number of nitrogens with zero attached hydrogens (tertiary/aromatic N) is 2. The predicted octanol–water partition coefficient (Wildman–Crippen LogP) is 7.47. The van der Waals surface area contributed by atoms with E-state index in [0.29, 0.717) is 139 Å². The molecular weight excluding hydrogens is 927 g/mol. The number of rotatable bonds is 32. The fourth-order valence-electron chi connectivity index (χ4n) is 6.71. The molecule has 0 fully saturated rings. The summed E-state index contributed by atoms with van der Waals surface area (Å²) in [5, 5.41) is 7.20. The standard InChI is InChI=1S/C50H67N5O14S/c1-50(2,3)37-33-43(48(61-6)44(34-37)55-70(7,57)58)53-49(56)52-42-12-13-45(41-11-9-8-10-40(41)42)69-47-14-15-51-46(54-47)32-36-30-38(60-5)35-39(31-36)68-29-28-67-27-26-66-25-24-65-23-22-64-21-20-63-19-18-62-17-16-59-4/h8-15,30-31,33-35,55H,16-29,32H2,1-7H3,(H2,52,53,56). The number of benzene rings is 4. The average Bonchev–Trinajstić information content (AvgIpc) is 3.32. The fourth-order valence-corrected chi connectivity index (χ4v) is 7.26. The molecule has 0 saturated heterocycles. The second kappa shape index (κ2) is 28.7. The van der Waals surface area contributed by atoms with Gasteiger partial charge in [-0.05, 0) is 52.9 Å². The van der Waals surface area contributed by atoms with Crippen molar-refractivity contribution in [3.8, 4) is 28.9 Å². The van der Waals surface area contributed by atoms with Crippen LogP contribution < -0.4 is 34.3 Å². The van der Waals surface area contributed by atoms with Gasteiger partial charge < -0.3 is 62.7 Å². The maximum atomic E-state index is 13.6. The quantitative estimate of drug-likeness (QED) is 0.0356. The highest BCUT2D eigenvalue weighted by Gasteiger charge is 2.23. The van der Waals surface area contributed by atoms with Gasteiger partial charge in [-0.2, -0.15) is 4.98 Å². The number of amides is 2. The number of sulfonamides is 1. The van der Waals surface area contributed by atoms with Crippen LogP contribution in [0.2, 0.25) is 0 Å². The molecule has 0 saturated carbocycles. The van der Waals surface area contributed by atoms with Crippen molar-refractivity contribution >= 4 is 43.9 Å². The molecule has 4 aromatic carbocycles. The number of hydrogen-bond donors (Lipinski definition) is 3. The van der Waals surface area contributed by atoms with Crippen LogP contribution in [-0.2, 0) is 55.0 Å². The summed E-state index contributed by atoms with van der Waals surface area (Å²) < 4.78 is 88.4. The number of carbonyl (C=O) groups excluding carboxylic acids is 1. The number of ether oxygens (including phenoxy) is 11. The van der Waals surface area contributed by atoms with Gasteiger partial charge in [0.1, 0.15) is 29.7 Å². The van der Waals surface area contributed by atoms with E-state index >= 15 is 0 Å². The van der Waals surface area contributed by atoms with E-state index in [0.717, 1.165) is 22.8 Å². The molecule has 0 atom stereocenters. The highest BCUT2D eigenvalue weighted by atomic mass is 32.2. The van der Waals surface area contributed by atoms with Gasteiger partial charge in [0.05, 0.1) is 123 Å². The number of hydrogen-bond acceptors (Lipinski definition) is 16. The second-order valence-electron chi connectivity index (χ2n) is 16.6. The van der Waals surface area contributed by atoms with E-state index < -0.39 is 16.1 Å². The van der Waals surface area contributed by atoms with Crippen LogP contribution in [0.1, 0.15) is 37.7 Å². The summed E-state index contributed by atoms with van der Waals surface area (Å²) in [5.41, 5.74) is 2.27. The van der Waals surface area contributed by atoms with Crippen LogP contribution in [0.4, 0.5) is 21.9 Å². The molecule has 2 amide bonds. The van der Waals surface area contributed by atoms with E-state index in [4.69, 9.17) is 57.1 Å². The van der Waals surface area contributed by atoms with Crippen molar-refractivity contribution in [2.75, 3.05) is 135 Å². The molecule has 0 spiro atoms. The molecular formula is C50H67N5O14S. The molecule has 0 radical (unpaired) electrons. The molecule has 5 rings (SSSR count). The molecule has 19 nitrogen and oxygen atoms in total. The first-order chi connectivity index (χ1) is 33.8. The molecule has 0 bridgehead atoms. The van der Waals surface area contributed by atoms with Crippen LogP contribution in [0.15, 0.2) is 79.0 Å². The average molecular weight is 994 g/mol. The summed E-state index contributed by atoms with van der Waals surface area (Å²) in [6.07, 6.45) is 3.05. The van der Waals surface area contributed by atoms with E-state index in [1.165, 1.54) is 7.11 Å². The first-order valence-corrected chi connectivity index (χ1v) is 24.7. The zero-order chi connectivity index (χ0) is 50.2. The van der Waals surface area contributed by atoms with Gasteiger partial charge in [0.15, 0.2) is 5.75 Å². The number of anilines is 3. The number of carbonyl (C=O) groups is 1. The van der Waals surface area contributed by atoms with Crippen LogP contribution in [0.3, 0.4) is 0 Å². The fraction of sp³-hybridized carbons (Fsp3) is 0.460. The second-order valence-corrected chi connectivity index (χ2v) is 18.3. The lowest BCUT2D eigenvalue weighted by Crippen LogP contribution is -2.22. The maximum Gasteiger partial charge on any atom is 0.323 e. The smallest absolute Gasteiger partial charge is 0.323 e. The third-order valence-corrected chi connectivity index (χ3v) is 10.6. The normalized spacial score (nSPS) is 11.6. The summed E-state index contributed by atoms with van der Waals surface area (Å²) in [6.45, 7) is 12.5. The molecule has 1 heterocycles. The molecule has 0 unspecified atom stereocenters. The van der Waals surface area contributed by atoms with E-state index in [1.807, 2.05) is 57.2 Å². The van der Waals surface area contributed by atoms with Crippen LogP contribution in [0.25, 0.3) is 10.8 Å². The highest BCUT2D eigenvalue weighted by Crippen LogP contribution is 2.40. The van der Waals surface area contributed by atoms with Crippen molar-refractivity contribution in [3.05, 3.63) is 95.9 Å². The summed E-state index contributed by atoms with van der Waals surface area (Å²) >= 11 is 0. The zero-order valence-corrected chi connectivity index (χ0v) is 41.9. The summed E-state index contributed by atoms with van der Waals surface area (Å²) in [7, 11) is 0.982. The number of nitrogens with one attached hydrogen (secondary N) is 3. The first-order valence-electron chi connectivity index (χ1n) is 22.8. The highest BCUT2D eigenvalue weighted by molar-refractivity contribution is 7.92. The molecule has 1 aromatic heterocycles. The Morgan fingerprint density at radius 3 is 1.74 bits per heavy atom. The Hall–Kier alpha value is -5.84. The minimum absolute atomic E-state index is 0.166. The third-order valence-electron chi connectivity index (χ3n) is 10.1. The molecule has 0 aliphatic carbocycles. The van der Waals surface area contributed by atoms with Gasteiger partial charge in [0.2, 0.25) is 15.9 Å². The van der Waals surface area contributed by atoms with Crippen molar-refractivity contribution in [1.29, 1.82) is 0 Å². The molecule has 0 aliphatic heterocycles. The molecule has 0 aliphatic rings. The predicted molar refractivity (Wildman–Crippen MR) is 267 cm³/mol. The van der Waals surface area contributed by atoms with Crippen molar-refractivity contribution in [2.45, 2.75) is 32.6 Å².